The van der Waals surface area contributed by atoms with Crippen LogP contribution < -0.4 is 0 Å². The van der Waals surface area contributed by atoms with E-state index < -0.39 is 23.4 Å². The number of hydrogen-bond acceptors (Lipinski definition) is 1. The summed E-state index contributed by atoms with van der Waals surface area (Å²) in [6.07, 6.45) is 0. The molecule has 0 amide bonds. The van der Waals surface area contributed by atoms with Crippen LogP contribution in [0.2, 0.25) is 0 Å². The standard InChI is InChI=1S/C13H10F3NO2/c1-6-5-8(13(18)19)7(2)17(6)10-4-3-9(14)11(15)12(10)16/h3-5H,1-2H3,(H,18,19). The van der Waals surface area contributed by atoms with Crippen LogP contribution in [0.5, 0.6) is 0 Å². The number of aryl methyl sites for hydroxylation is 1. The van der Waals surface area contributed by atoms with Gasteiger partial charge in [-0.25, -0.2) is 18.0 Å². The van der Waals surface area contributed by atoms with Gasteiger partial charge in [-0.1, -0.05) is 0 Å². The molecule has 0 aliphatic heterocycles. The summed E-state index contributed by atoms with van der Waals surface area (Å²) in [7, 11) is 0. The van der Waals surface area contributed by atoms with Crippen molar-refractivity contribution >= 4 is 5.97 Å². The summed E-state index contributed by atoms with van der Waals surface area (Å²) >= 11 is 0. The third-order valence-electron chi connectivity index (χ3n) is 2.92. The van der Waals surface area contributed by atoms with Gasteiger partial charge in [-0.3, -0.25) is 0 Å². The van der Waals surface area contributed by atoms with E-state index in [0.717, 1.165) is 12.1 Å². The predicted octanol–water partition coefficient (Wildman–Crippen LogP) is 3.21. The summed E-state index contributed by atoms with van der Waals surface area (Å²) in [5.41, 5.74) is 0.428. The van der Waals surface area contributed by atoms with Crippen LogP contribution in [0.1, 0.15) is 21.7 Å². The quantitative estimate of drug-likeness (QED) is 0.850. The van der Waals surface area contributed by atoms with E-state index in [2.05, 4.69) is 0 Å². The smallest absolute Gasteiger partial charge is 0.337 e. The van der Waals surface area contributed by atoms with Gasteiger partial charge in [-0.2, -0.15) is 0 Å². The molecular weight excluding hydrogens is 259 g/mol. The summed E-state index contributed by atoms with van der Waals surface area (Å²) in [6.45, 7) is 3.03. The molecule has 1 N–H and O–H groups in total. The molecule has 0 bridgehead atoms. The highest BCUT2D eigenvalue weighted by atomic mass is 19.2. The van der Waals surface area contributed by atoms with E-state index >= 15 is 0 Å². The highest BCUT2D eigenvalue weighted by molar-refractivity contribution is 5.89. The molecule has 2 rings (SSSR count). The summed E-state index contributed by atoms with van der Waals surface area (Å²) in [5.74, 6) is -5.38. The van der Waals surface area contributed by atoms with Crippen molar-refractivity contribution in [3.8, 4) is 5.69 Å². The van der Waals surface area contributed by atoms with E-state index in [4.69, 9.17) is 5.11 Å². The van der Waals surface area contributed by atoms with E-state index in [1.54, 1.807) is 6.92 Å². The van der Waals surface area contributed by atoms with Crippen molar-refractivity contribution in [2.24, 2.45) is 0 Å². The van der Waals surface area contributed by atoms with Gasteiger partial charge in [0, 0.05) is 11.4 Å². The van der Waals surface area contributed by atoms with Gasteiger partial charge in [0.15, 0.2) is 17.5 Å². The molecular formula is C13H10F3NO2. The fourth-order valence-electron chi connectivity index (χ4n) is 2.04. The molecule has 0 saturated heterocycles. The molecule has 1 aromatic carbocycles. The number of nitrogens with zero attached hydrogens (tertiary/aromatic N) is 1. The molecule has 0 unspecified atom stereocenters. The molecule has 19 heavy (non-hydrogen) atoms. The minimum absolute atomic E-state index is 0.0124. The van der Waals surface area contributed by atoms with Gasteiger partial charge < -0.3 is 9.67 Å². The minimum Gasteiger partial charge on any atom is -0.478 e. The Labute approximate surface area is 106 Å². The maximum absolute atomic E-state index is 13.7. The Balaban J connectivity index is 2.73. The van der Waals surface area contributed by atoms with Gasteiger partial charge in [0.05, 0.1) is 11.3 Å². The van der Waals surface area contributed by atoms with Crippen molar-refractivity contribution in [1.29, 1.82) is 0 Å². The Kier molecular flexibility index (Phi) is 3.09. The van der Waals surface area contributed by atoms with E-state index in [1.165, 1.54) is 17.6 Å². The molecule has 0 spiro atoms. The average Bonchev–Trinajstić information content (AvgIpc) is 2.63. The van der Waals surface area contributed by atoms with Gasteiger partial charge >= 0.3 is 5.97 Å². The molecule has 0 fully saturated rings. The maximum atomic E-state index is 13.7. The molecule has 2 aromatic rings. The van der Waals surface area contributed by atoms with Crippen LogP contribution >= 0.6 is 0 Å². The van der Waals surface area contributed by atoms with Gasteiger partial charge in [0.25, 0.3) is 0 Å². The number of aromatic carboxylic acids is 1. The zero-order chi connectivity index (χ0) is 14.3. The van der Waals surface area contributed by atoms with Crippen LogP contribution in [0.25, 0.3) is 5.69 Å². The third kappa shape index (κ3) is 1.99. The third-order valence-corrected chi connectivity index (χ3v) is 2.92. The Morgan fingerprint density at radius 2 is 1.79 bits per heavy atom. The second-order valence-electron chi connectivity index (χ2n) is 4.12. The largest absolute Gasteiger partial charge is 0.478 e. The van der Waals surface area contributed by atoms with Crippen LogP contribution in [-0.4, -0.2) is 15.6 Å². The second kappa shape index (κ2) is 4.46. The number of benzene rings is 1. The summed E-state index contributed by atoms with van der Waals surface area (Å²) < 4.78 is 41.1. The lowest BCUT2D eigenvalue weighted by Gasteiger charge is -2.11. The fraction of sp³-hybridized carbons (Fsp3) is 0.154. The summed E-state index contributed by atoms with van der Waals surface area (Å²) in [6, 6.07) is 3.21. The Morgan fingerprint density at radius 1 is 1.16 bits per heavy atom. The van der Waals surface area contributed by atoms with Crippen molar-refractivity contribution < 1.29 is 23.1 Å². The van der Waals surface area contributed by atoms with E-state index in [-0.39, 0.29) is 16.9 Å². The Bertz CT molecular complexity index is 677. The molecule has 0 aliphatic carbocycles. The fourth-order valence-corrected chi connectivity index (χ4v) is 2.04. The van der Waals surface area contributed by atoms with Gasteiger partial charge in [-0.05, 0) is 32.0 Å². The van der Waals surface area contributed by atoms with Gasteiger partial charge in [-0.15, -0.1) is 0 Å². The zero-order valence-corrected chi connectivity index (χ0v) is 10.2. The first-order chi connectivity index (χ1) is 8.84. The van der Waals surface area contributed by atoms with E-state index in [0.29, 0.717) is 5.69 Å². The normalized spacial score (nSPS) is 10.8. The Hall–Kier alpha value is -2.24. The first-order valence-electron chi connectivity index (χ1n) is 5.40. The van der Waals surface area contributed by atoms with Crippen LogP contribution in [0.3, 0.4) is 0 Å². The number of aromatic nitrogens is 1. The molecule has 0 radical (unpaired) electrons. The molecule has 0 atom stereocenters. The predicted molar refractivity (Wildman–Crippen MR) is 62.1 cm³/mol. The lowest BCUT2D eigenvalue weighted by atomic mass is 10.2. The molecule has 3 nitrogen and oxygen atoms in total. The van der Waals surface area contributed by atoms with Crippen LogP contribution in [0.15, 0.2) is 18.2 Å². The van der Waals surface area contributed by atoms with Crippen LogP contribution in [0, 0.1) is 31.3 Å². The number of carboxylic acids is 1. The highest BCUT2D eigenvalue weighted by Gasteiger charge is 2.20. The second-order valence-corrected chi connectivity index (χ2v) is 4.12. The van der Waals surface area contributed by atoms with Crippen molar-refractivity contribution in [2.45, 2.75) is 13.8 Å². The highest BCUT2D eigenvalue weighted by Crippen LogP contribution is 2.25. The average molecular weight is 269 g/mol. The van der Waals surface area contributed by atoms with Crippen molar-refractivity contribution in [3.63, 3.8) is 0 Å². The maximum Gasteiger partial charge on any atom is 0.337 e. The van der Waals surface area contributed by atoms with Crippen molar-refractivity contribution in [3.05, 3.63) is 52.6 Å². The number of carbonyl (C=O) groups is 1. The van der Waals surface area contributed by atoms with Crippen LogP contribution in [0.4, 0.5) is 13.2 Å². The summed E-state index contributed by atoms with van der Waals surface area (Å²) in [5, 5.41) is 8.98. The molecule has 100 valence electrons. The van der Waals surface area contributed by atoms with Crippen LogP contribution in [-0.2, 0) is 0 Å². The monoisotopic (exact) mass is 269 g/mol. The number of rotatable bonds is 2. The molecule has 0 saturated carbocycles. The first kappa shape index (κ1) is 13.2. The lowest BCUT2D eigenvalue weighted by molar-refractivity contribution is 0.0696. The number of hydrogen-bond donors (Lipinski definition) is 1. The molecule has 1 heterocycles. The van der Waals surface area contributed by atoms with Gasteiger partial charge in [0.2, 0.25) is 0 Å². The van der Waals surface area contributed by atoms with Crippen molar-refractivity contribution in [2.75, 3.05) is 0 Å². The zero-order valence-electron chi connectivity index (χ0n) is 10.2. The molecule has 6 heteroatoms. The Morgan fingerprint density at radius 3 is 2.32 bits per heavy atom. The summed E-state index contributed by atoms with van der Waals surface area (Å²) in [4.78, 5) is 11.0. The number of carboxylic acid groups (broad SMARTS) is 1. The van der Waals surface area contributed by atoms with Crippen molar-refractivity contribution in [1.82, 2.24) is 4.57 Å². The molecule has 0 aliphatic rings. The topological polar surface area (TPSA) is 42.2 Å². The van der Waals surface area contributed by atoms with E-state index in [9.17, 15) is 18.0 Å². The first-order valence-corrected chi connectivity index (χ1v) is 5.40. The number of halogens is 3. The van der Waals surface area contributed by atoms with E-state index in [1.807, 2.05) is 0 Å². The lowest BCUT2D eigenvalue weighted by Crippen LogP contribution is -2.06. The SMILES string of the molecule is Cc1cc(C(=O)O)c(C)n1-c1ccc(F)c(F)c1F. The minimum atomic E-state index is -1.58. The van der Waals surface area contributed by atoms with Gasteiger partial charge in [0.1, 0.15) is 0 Å². The molecule has 1 aromatic heterocycles.